The molecule has 0 unspecified atom stereocenters. The summed E-state index contributed by atoms with van der Waals surface area (Å²) in [4.78, 5) is 12.7. The molecule has 0 saturated heterocycles. The lowest BCUT2D eigenvalue weighted by Crippen LogP contribution is -2.27. The fourth-order valence-electron chi connectivity index (χ4n) is 2.02. The van der Waals surface area contributed by atoms with Crippen LogP contribution < -0.4 is 5.32 Å². The summed E-state index contributed by atoms with van der Waals surface area (Å²) >= 11 is 0. The van der Waals surface area contributed by atoms with Crippen LogP contribution in [0.3, 0.4) is 0 Å². The van der Waals surface area contributed by atoms with Crippen molar-refractivity contribution in [2.24, 2.45) is 0 Å². The number of hydrogen-bond acceptors (Lipinski definition) is 5. The van der Waals surface area contributed by atoms with E-state index in [1.54, 1.807) is 19.2 Å². The van der Waals surface area contributed by atoms with Gasteiger partial charge in [-0.2, -0.15) is 0 Å². The lowest BCUT2D eigenvalue weighted by Gasteiger charge is -2.20. The van der Waals surface area contributed by atoms with Crippen molar-refractivity contribution < 1.29 is 10.0 Å². The van der Waals surface area contributed by atoms with Gasteiger partial charge in [0, 0.05) is 26.2 Å². The molecule has 0 heterocycles. The summed E-state index contributed by atoms with van der Waals surface area (Å²) in [6.45, 7) is 4.21. The topological polar surface area (TPSA) is 78.6 Å². The van der Waals surface area contributed by atoms with Gasteiger partial charge in [-0.05, 0) is 24.6 Å². The number of rotatable bonds is 8. The fraction of sp³-hybridized carbons (Fsp3) is 0.538. The second-order valence-electron chi connectivity index (χ2n) is 4.36. The summed E-state index contributed by atoms with van der Waals surface area (Å²) in [5.74, 6) is 0. The number of hydrogen-bond donors (Lipinski definition) is 2. The van der Waals surface area contributed by atoms with Crippen molar-refractivity contribution in [2.75, 3.05) is 32.1 Å². The largest absolute Gasteiger partial charge is 0.395 e. The Morgan fingerprint density at radius 1 is 1.42 bits per heavy atom. The summed E-state index contributed by atoms with van der Waals surface area (Å²) < 4.78 is 0. The molecule has 0 aliphatic heterocycles. The summed E-state index contributed by atoms with van der Waals surface area (Å²) in [6.07, 6.45) is 0.983. The number of aliphatic hydroxyl groups is 1. The monoisotopic (exact) mass is 267 g/mol. The number of nitrogens with zero attached hydrogens (tertiary/aromatic N) is 2. The first-order valence-corrected chi connectivity index (χ1v) is 6.40. The van der Waals surface area contributed by atoms with Crippen LogP contribution in [0.1, 0.15) is 18.9 Å². The second kappa shape index (κ2) is 7.70. The van der Waals surface area contributed by atoms with Gasteiger partial charge in [-0.3, -0.25) is 15.0 Å². The molecule has 1 rings (SSSR count). The first kappa shape index (κ1) is 15.4. The molecule has 0 fully saturated rings. The van der Waals surface area contributed by atoms with Crippen LogP contribution in [0.5, 0.6) is 0 Å². The third-order valence-corrected chi connectivity index (χ3v) is 2.89. The van der Waals surface area contributed by atoms with Crippen LogP contribution in [0.25, 0.3) is 0 Å². The van der Waals surface area contributed by atoms with Crippen molar-refractivity contribution in [3.63, 3.8) is 0 Å². The van der Waals surface area contributed by atoms with Crippen molar-refractivity contribution in [3.8, 4) is 0 Å². The number of nitro benzene ring substituents is 1. The maximum Gasteiger partial charge on any atom is 0.292 e. The molecule has 1 aromatic carbocycles. The Morgan fingerprint density at radius 2 is 2.16 bits per heavy atom. The molecule has 19 heavy (non-hydrogen) atoms. The van der Waals surface area contributed by atoms with Crippen LogP contribution in [0.4, 0.5) is 11.4 Å². The van der Waals surface area contributed by atoms with Gasteiger partial charge in [-0.1, -0.05) is 13.0 Å². The zero-order valence-corrected chi connectivity index (χ0v) is 11.4. The fourth-order valence-corrected chi connectivity index (χ4v) is 2.02. The van der Waals surface area contributed by atoms with Gasteiger partial charge in [-0.25, -0.2) is 0 Å². The van der Waals surface area contributed by atoms with Crippen LogP contribution >= 0.6 is 0 Å². The van der Waals surface area contributed by atoms with Gasteiger partial charge in [0.25, 0.3) is 5.69 Å². The van der Waals surface area contributed by atoms with Crippen LogP contribution in [0.15, 0.2) is 18.2 Å². The minimum Gasteiger partial charge on any atom is -0.395 e. The third kappa shape index (κ3) is 4.50. The Labute approximate surface area is 113 Å². The Balaban J connectivity index is 2.88. The van der Waals surface area contributed by atoms with Crippen molar-refractivity contribution >= 4 is 11.4 Å². The Bertz CT molecular complexity index is 418. The molecule has 0 saturated carbocycles. The Morgan fingerprint density at radius 3 is 2.68 bits per heavy atom. The van der Waals surface area contributed by atoms with Gasteiger partial charge in [-0.15, -0.1) is 0 Å². The molecule has 0 aliphatic rings. The molecule has 106 valence electrons. The standard InChI is InChI=1S/C13H21N3O3/c1-3-6-15(7-8-17)10-11-4-5-12(14-2)13(9-11)16(18)19/h4-5,9,14,17H,3,6-8,10H2,1-2H3. The zero-order valence-electron chi connectivity index (χ0n) is 11.4. The zero-order chi connectivity index (χ0) is 14.3. The summed E-state index contributed by atoms with van der Waals surface area (Å²) in [7, 11) is 1.66. The van der Waals surface area contributed by atoms with E-state index in [9.17, 15) is 10.1 Å². The minimum atomic E-state index is -0.383. The van der Waals surface area contributed by atoms with E-state index in [-0.39, 0.29) is 17.2 Å². The Kier molecular flexibility index (Phi) is 6.24. The van der Waals surface area contributed by atoms with Gasteiger partial charge < -0.3 is 10.4 Å². The molecule has 0 atom stereocenters. The van der Waals surface area contributed by atoms with Gasteiger partial charge in [0.1, 0.15) is 5.69 Å². The third-order valence-electron chi connectivity index (χ3n) is 2.89. The molecule has 0 bridgehead atoms. The van der Waals surface area contributed by atoms with Crippen LogP contribution in [0.2, 0.25) is 0 Å². The molecular weight excluding hydrogens is 246 g/mol. The highest BCUT2D eigenvalue weighted by atomic mass is 16.6. The first-order valence-electron chi connectivity index (χ1n) is 6.40. The smallest absolute Gasteiger partial charge is 0.292 e. The number of aliphatic hydroxyl groups excluding tert-OH is 1. The SMILES string of the molecule is CCCN(CCO)Cc1ccc(NC)c([N+](=O)[O-])c1. The van der Waals surface area contributed by atoms with E-state index in [0.717, 1.165) is 18.5 Å². The van der Waals surface area contributed by atoms with Gasteiger partial charge in [0.15, 0.2) is 0 Å². The molecule has 6 heteroatoms. The summed E-state index contributed by atoms with van der Waals surface area (Å²) in [5.41, 5.74) is 1.48. The molecule has 0 radical (unpaired) electrons. The average Bonchev–Trinajstić information content (AvgIpc) is 2.39. The van der Waals surface area contributed by atoms with E-state index in [1.807, 2.05) is 6.07 Å². The lowest BCUT2D eigenvalue weighted by atomic mass is 10.1. The van der Waals surface area contributed by atoms with E-state index in [1.165, 1.54) is 0 Å². The molecule has 0 amide bonds. The highest BCUT2D eigenvalue weighted by Crippen LogP contribution is 2.25. The molecular formula is C13H21N3O3. The van der Waals surface area contributed by atoms with E-state index in [0.29, 0.717) is 18.8 Å². The number of benzene rings is 1. The predicted octanol–water partition coefficient (Wildman–Crippen LogP) is 1.84. The van der Waals surface area contributed by atoms with E-state index in [4.69, 9.17) is 5.11 Å². The number of nitrogens with one attached hydrogen (secondary N) is 1. The second-order valence-corrected chi connectivity index (χ2v) is 4.36. The molecule has 2 N–H and O–H groups in total. The maximum atomic E-state index is 11.0. The summed E-state index contributed by atoms with van der Waals surface area (Å²) in [6, 6.07) is 5.18. The van der Waals surface area contributed by atoms with E-state index in [2.05, 4.69) is 17.1 Å². The number of nitro groups is 1. The minimum absolute atomic E-state index is 0.0837. The predicted molar refractivity (Wildman–Crippen MR) is 75.3 cm³/mol. The Hall–Kier alpha value is -1.66. The van der Waals surface area contributed by atoms with Gasteiger partial charge in [0.05, 0.1) is 11.5 Å². The lowest BCUT2D eigenvalue weighted by molar-refractivity contribution is -0.384. The molecule has 1 aromatic rings. The molecule has 0 aliphatic carbocycles. The normalized spacial score (nSPS) is 10.7. The van der Waals surface area contributed by atoms with E-state index >= 15 is 0 Å². The van der Waals surface area contributed by atoms with Crippen molar-refractivity contribution in [3.05, 3.63) is 33.9 Å². The first-order chi connectivity index (χ1) is 9.12. The van der Waals surface area contributed by atoms with E-state index < -0.39 is 0 Å². The van der Waals surface area contributed by atoms with Crippen LogP contribution in [-0.2, 0) is 6.54 Å². The van der Waals surface area contributed by atoms with Crippen molar-refractivity contribution in [1.82, 2.24) is 4.90 Å². The maximum absolute atomic E-state index is 11.0. The number of anilines is 1. The summed E-state index contributed by atoms with van der Waals surface area (Å²) in [5, 5.41) is 22.8. The van der Waals surface area contributed by atoms with Crippen LogP contribution in [-0.4, -0.2) is 41.7 Å². The van der Waals surface area contributed by atoms with Crippen LogP contribution in [0, 0.1) is 10.1 Å². The molecule has 6 nitrogen and oxygen atoms in total. The highest BCUT2D eigenvalue weighted by Gasteiger charge is 2.14. The quantitative estimate of drug-likeness (QED) is 0.555. The van der Waals surface area contributed by atoms with Crippen molar-refractivity contribution in [1.29, 1.82) is 0 Å². The highest BCUT2D eigenvalue weighted by molar-refractivity contribution is 5.62. The van der Waals surface area contributed by atoms with Crippen molar-refractivity contribution in [2.45, 2.75) is 19.9 Å². The van der Waals surface area contributed by atoms with Gasteiger partial charge >= 0.3 is 0 Å². The molecule has 0 spiro atoms. The molecule has 0 aromatic heterocycles. The average molecular weight is 267 g/mol. The van der Waals surface area contributed by atoms with Gasteiger partial charge in [0.2, 0.25) is 0 Å².